The first kappa shape index (κ1) is 14.6. The molecule has 1 aromatic heterocycles. The molecule has 0 aliphatic carbocycles. The molecule has 0 aliphatic rings. The number of hydrogen-bond donors (Lipinski definition) is 1. The standard InChI is InChI=1S/C14H22N2O2/c1-11(13(17)18-14(2,3)4)9-16-10-12-5-7-15-8-6-12/h5-8,11,16H,9-10H2,1-4H3/t11-/m0/s1. The average Bonchev–Trinajstić information content (AvgIpc) is 2.28. The Hall–Kier alpha value is -1.42. The minimum absolute atomic E-state index is 0.147. The van der Waals surface area contributed by atoms with Gasteiger partial charge >= 0.3 is 5.97 Å². The van der Waals surface area contributed by atoms with Crippen LogP contribution in [0.3, 0.4) is 0 Å². The maximum Gasteiger partial charge on any atom is 0.310 e. The molecule has 0 radical (unpaired) electrons. The molecule has 0 fully saturated rings. The summed E-state index contributed by atoms with van der Waals surface area (Å²) in [6.07, 6.45) is 3.52. The number of nitrogens with one attached hydrogen (secondary N) is 1. The molecule has 0 unspecified atom stereocenters. The Bertz CT molecular complexity index is 371. The highest BCUT2D eigenvalue weighted by Gasteiger charge is 2.21. The van der Waals surface area contributed by atoms with Gasteiger partial charge in [0, 0.05) is 25.5 Å². The molecule has 0 bridgehead atoms. The van der Waals surface area contributed by atoms with Crippen LogP contribution >= 0.6 is 0 Å². The fourth-order valence-corrected chi connectivity index (χ4v) is 1.42. The number of hydrogen-bond acceptors (Lipinski definition) is 4. The summed E-state index contributed by atoms with van der Waals surface area (Å²) in [5, 5.41) is 3.24. The first-order valence-electron chi connectivity index (χ1n) is 6.21. The molecule has 18 heavy (non-hydrogen) atoms. The summed E-state index contributed by atoms with van der Waals surface area (Å²) in [7, 11) is 0. The van der Waals surface area contributed by atoms with E-state index < -0.39 is 5.60 Å². The van der Waals surface area contributed by atoms with Crippen molar-refractivity contribution < 1.29 is 9.53 Å². The number of carbonyl (C=O) groups is 1. The van der Waals surface area contributed by atoms with Gasteiger partial charge in [0.25, 0.3) is 0 Å². The molecule has 4 heteroatoms. The quantitative estimate of drug-likeness (QED) is 0.814. The Morgan fingerprint density at radius 3 is 2.56 bits per heavy atom. The third-order valence-electron chi connectivity index (χ3n) is 2.34. The van der Waals surface area contributed by atoms with Crippen molar-refractivity contribution in [3.05, 3.63) is 30.1 Å². The minimum Gasteiger partial charge on any atom is -0.460 e. The lowest BCUT2D eigenvalue weighted by Gasteiger charge is -2.22. The molecule has 0 spiro atoms. The lowest BCUT2D eigenvalue weighted by atomic mass is 10.1. The molecule has 1 rings (SSSR count). The zero-order chi connectivity index (χ0) is 13.6. The zero-order valence-corrected chi connectivity index (χ0v) is 11.6. The molecular weight excluding hydrogens is 228 g/mol. The third-order valence-corrected chi connectivity index (χ3v) is 2.34. The molecule has 0 aromatic carbocycles. The Labute approximate surface area is 109 Å². The van der Waals surface area contributed by atoms with Gasteiger partial charge in [-0.25, -0.2) is 0 Å². The first-order chi connectivity index (χ1) is 8.38. The van der Waals surface area contributed by atoms with Crippen molar-refractivity contribution >= 4 is 5.97 Å². The van der Waals surface area contributed by atoms with E-state index in [-0.39, 0.29) is 11.9 Å². The highest BCUT2D eigenvalue weighted by molar-refractivity contribution is 5.72. The number of ether oxygens (including phenoxy) is 1. The van der Waals surface area contributed by atoms with Crippen molar-refractivity contribution in [3.8, 4) is 0 Å². The molecule has 4 nitrogen and oxygen atoms in total. The number of aromatic nitrogens is 1. The first-order valence-corrected chi connectivity index (χ1v) is 6.21. The maximum absolute atomic E-state index is 11.7. The number of rotatable bonds is 5. The Kier molecular flexibility index (Phi) is 5.28. The third kappa shape index (κ3) is 5.77. The number of pyridine rings is 1. The molecule has 0 amide bonds. The van der Waals surface area contributed by atoms with E-state index in [0.717, 1.165) is 12.1 Å². The highest BCUT2D eigenvalue weighted by Crippen LogP contribution is 2.10. The van der Waals surface area contributed by atoms with Crippen molar-refractivity contribution in [2.75, 3.05) is 6.54 Å². The predicted molar refractivity (Wildman–Crippen MR) is 71.0 cm³/mol. The van der Waals surface area contributed by atoms with Gasteiger partial charge in [-0.2, -0.15) is 0 Å². The second-order valence-corrected chi connectivity index (χ2v) is 5.42. The van der Waals surface area contributed by atoms with Gasteiger partial charge in [0.2, 0.25) is 0 Å². The van der Waals surface area contributed by atoms with E-state index >= 15 is 0 Å². The molecular formula is C14H22N2O2. The van der Waals surface area contributed by atoms with Crippen molar-refractivity contribution in [2.45, 2.75) is 39.8 Å². The van der Waals surface area contributed by atoms with E-state index in [1.165, 1.54) is 0 Å². The second-order valence-electron chi connectivity index (χ2n) is 5.42. The number of esters is 1. The fourth-order valence-electron chi connectivity index (χ4n) is 1.42. The summed E-state index contributed by atoms with van der Waals surface area (Å²) in [5.74, 6) is -0.309. The van der Waals surface area contributed by atoms with Crippen LogP contribution < -0.4 is 5.32 Å². The van der Waals surface area contributed by atoms with Gasteiger partial charge in [-0.05, 0) is 38.5 Å². The largest absolute Gasteiger partial charge is 0.460 e. The van der Waals surface area contributed by atoms with Crippen molar-refractivity contribution in [1.29, 1.82) is 0 Å². The summed E-state index contributed by atoms with van der Waals surface area (Å²) >= 11 is 0. The predicted octanol–water partition coefficient (Wildman–Crippen LogP) is 2.15. The Morgan fingerprint density at radius 1 is 1.39 bits per heavy atom. The molecule has 0 aliphatic heterocycles. The molecule has 100 valence electrons. The van der Waals surface area contributed by atoms with Crippen LogP contribution in [0.1, 0.15) is 33.3 Å². The second kappa shape index (κ2) is 6.50. The molecule has 0 saturated heterocycles. The summed E-state index contributed by atoms with van der Waals surface area (Å²) in [5.41, 5.74) is 0.734. The van der Waals surface area contributed by atoms with Crippen LogP contribution in [-0.4, -0.2) is 23.1 Å². The number of nitrogens with zero attached hydrogens (tertiary/aromatic N) is 1. The smallest absolute Gasteiger partial charge is 0.310 e. The Balaban J connectivity index is 2.29. The van der Waals surface area contributed by atoms with Gasteiger partial charge < -0.3 is 10.1 Å². The lowest BCUT2D eigenvalue weighted by Crippen LogP contribution is -2.32. The normalized spacial score (nSPS) is 13.1. The summed E-state index contributed by atoms with van der Waals surface area (Å²) < 4.78 is 5.31. The number of carbonyl (C=O) groups excluding carboxylic acids is 1. The highest BCUT2D eigenvalue weighted by atomic mass is 16.6. The van der Waals surface area contributed by atoms with Crippen LogP contribution in [0.25, 0.3) is 0 Å². The molecule has 1 aromatic rings. The SMILES string of the molecule is C[C@@H](CNCc1ccncc1)C(=O)OC(C)(C)C. The van der Waals surface area contributed by atoms with Crippen LogP contribution in [0.15, 0.2) is 24.5 Å². The van der Waals surface area contributed by atoms with Crippen LogP contribution in [0, 0.1) is 5.92 Å². The van der Waals surface area contributed by atoms with E-state index in [1.807, 2.05) is 39.8 Å². The average molecular weight is 250 g/mol. The monoisotopic (exact) mass is 250 g/mol. The maximum atomic E-state index is 11.7. The topological polar surface area (TPSA) is 51.2 Å². The van der Waals surface area contributed by atoms with E-state index in [2.05, 4.69) is 10.3 Å². The van der Waals surface area contributed by atoms with Crippen molar-refractivity contribution in [3.63, 3.8) is 0 Å². The van der Waals surface area contributed by atoms with Crippen molar-refractivity contribution in [1.82, 2.24) is 10.3 Å². The van der Waals surface area contributed by atoms with Gasteiger partial charge in [-0.3, -0.25) is 9.78 Å². The van der Waals surface area contributed by atoms with Crippen LogP contribution in [0.5, 0.6) is 0 Å². The van der Waals surface area contributed by atoms with Gasteiger partial charge in [0.15, 0.2) is 0 Å². The molecule has 1 heterocycles. The fraction of sp³-hybridized carbons (Fsp3) is 0.571. The van der Waals surface area contributed by atoms with Crippen LogP contribution in [-0.2, 0) is 16.1 Å². The van der Waals surface area contributed by atoms with E-state index in [1.54, 1.807) is 12.4 Å². The summed E-state index contributed by atoms with van der Waals surface area (Å²) in [6, 6.07) is 3.90. The van der Waals surface area contributed by atoms with E-state index in [0.29, 0.717) is 6.54 Å². The molecule has 0 saturated carbocycles. The van der Waals surface area contributed by atoms with E-state index in [9.17, 15) is 4.79 Å². The lowest BCUT2D eigenvalue weighted by molar-refractivity contribution is -0.159. The molecule has 1 N–H and O–H groups in total. The van der Waals surface area contributed by atoms with Gasteiger partial charge in [0.05, 0.1) is 5.92 Å². The molecule has 1 atom stereocenters. The summed E-state index contributed by atoms with van der Waals surface area (Å²) in [6.45, 7) is 8.84. The van der Waals surface area contributed by atoms with Gasteiger partial charge in [0.1, 0.15) is 5.60 Å². The van der Waals surface area contributed by atoms with Crippen LogP contribution in [0.2, 0.25) is 0 Å². The Morgan fingerprint density at radius 2 is 2.00 bits per heavy atom. The zero-order valence-electron chi connectivity index (χ0n) is 11.6. The van der Waals surface area contributed by atoms with Crippen molar-refractivity contribution in [2.24, 2.45) is 5.92 Å². The van der Waals surface area contributed by atoms with E-state index in [4.69, 9.17) is 4.74 Å². The summed E-state index contributed by atoms with van der Waals surface area (Å²) in [4.78, 5) is 15.7. The van der Waals surface area contributed by atoms with Gasteiger partial charge in [-0.15, -0.1) is 0 Å². The van der Waals surface area contributed by atoms with Crippen LogP contribution in [0.4, 0.5) is 0 Å². The minimum atomic E-state index is -0.420. The van der Waals surface area contributed by atoms with Gasteiger partial charge in [-0.1, -0.05) is 6.92 Å².